The summed E-state index contributed by atoms with van der Waals surface area (Å²) in [6.07, 6.45) is 1.81. The number of carbonyl (C=O) groups is 1. The van der Waals surface area contributed by atoms with Crippen molar-refractivity contribution in [1.82, 2.24) is 0 Å². The summed E-state index contributed by atoms with van der Waals surface area (Å²) in [6.45, 7) is 6.59. The lowest BCUT2D eigenvalue weighted by Gasteiger charge is -2.09. The normalized spacial score (nSPS) is 12.4. The van der Waals surface area contributed by atoms with E-state index in [9.17, 15) is 9.70 Å². The SMILES string of the molecule is CCC(C)COCCOCCCC(=O)N=O. The van der Waals surface area contributed by atoms with Gasteiger partial charge in [-0.1, -0.05) is 20.3 Å². The van der Waals surface area contributed by atoms with Gasteiger partial charge in [0.2, 0.25) is 0 Å². The van der Waals surface area contributed by atoms with E-state index in [1.165, 1.54) is 0 Å². The van der Waals surface area contributed by atoms with Crippen LogP contribution in [0.3, 0.4) is 0 Å². The van der Waals surface area contributed by atoms with Gasteiger partial charge in [0.05, 0.1) is 13.2 Å². The van der Waals surface area contributed by atoms with Gasteiger partial charge in [0, 0.05) is 24.8 Å². The van der Waals surface area contributed by atoms with Crippen molar-refractivity contribution in [1.29, 1.82) is 0 Å². The Morgan fingerprint density at radius 3 is 2.56 bits per heavy atom. The maximum atomic E-state index is 10.5. The molecule has 0 radical (unpaired) electrons. The van der Waals surface area contributed by atoms with Gasteiger partial charge in [-0.15, -0.1) is 4.91 Å². The van der Waals surface area contributed by atoms with Gasteiger partial charge in [0.25, 0.3) is 5.91 Å². The summed E-state index contributed by atoms with van der Waals surface area (Å²) >= 11 is 0. The predicted molar refractivity (Wildman–Crippen MR) is 61.1 cm³/mol. The molecule has 0 bridgehead atoms. The van der Waals surface area contributed by atoms with Crippen LogP contribution in [-0.4, -0.2) is 32.3 Å². The second-order valence-electron chi connectivity index (χ2n) is 3.79. The van der Waals surface area contributed by atoms with Crippen LogP contribution in [0.2, 0.25) is 0 Å². The van der Waals surface area contributed by atoms with Crippen LogP contribution in [0, 0.1) is 10.8 Å². The van der Waals surface area contributed by atoms with Crippen molar-refractivity contribution in [3.8, 4) is 0 Å². The highest BCUT2D eigenvalue weighted by Crippen LogP contribution is 2.00. The summed E-state index contributed by atoms with van der Waals surface area (Å²) in [7, 11) is 0. The third-order valence-corrected chi connectivity index (χ3v) is 2.25. The van der Waals surface area contributed by atoms with E-state index in [2.05, 4.69) is 19.0 Å². The minimum atomic E-state index is -0.614. The molecule has 0 aromatic carbocycles. The Morgan fingerprint density at radius 2 is 1.94 bits per heavy atom. The molecule has 5 nitrogen and oxygen atoms in total. The standard InChI is InChI=1S/C11H21NO4/c1-3-10(2)9-16-8-7-15-6-4-5-11(13)12-14/h10H,3-9H2,1-2H3. The molecule has 0 saturated carbocycles. The number of rotatable bonds is 10. The molecule has 0 aliphatic rings. The molecule has 1 atom stereocenters. The monoisotopic (exact) mass is 231 g/mol. The number of ether oxygens (including phenoxy) is 2. The highest BCUT2D eigenvalue weighted by atomic mass is 16.5. The van der Waals surface area contributed by atoms with Gasteiger partial charge >= 0.3 is 0 Å². The average molecular weight is 231 g/mol. The summed E-state index contributed by atoms with van der Waals surface area (Å²) in [4.78, 5) is 20.2. The van der Waals surface area contributed by atoms with Gasteiger partial charge in [-0.05, 0) is 12.3 Å². The topological polar surface area (TPSA) is 65.0 Å². The van der Waals surface area contributed by atoms with Crippen LogP contribution in [0.1, 0.15) is 33.1 Å². The predicted octanol–water partition coefficient (Wildman–Crippen LogP) is 2.14. The first-order valence-electron chi connectivity index (χ1n) is 5.72. The Labute approximate surface area is 96.5 Å². The molecular formula is C11H21NO4. The van der Waals surface area contributed by atoms with E-state index in [4.69, 9.17) is 9.47 Å². The van der Waals surface area contributed by atoms with E-state index in [1.807, 2.05) is 0 Å². The Hall–Kier alpha value is -0.810. The number of amides is 1. The minimum absolute atomic E-state index is 0.164. The quantitative estimate of drug-likeness (QED) is 0.427. The molecule has 0 aliphatic heterocycles. The molecule has 0 spiro atoms. The number of hydrogen-bond acceptors (Lipinski definition) is 4. The highest BCUT2D eigenvalue weighted by molar-refractivity contribution is 5.76. The number of nitrogens with zero attached hydrogens (tertiary/aromatic N) is 1. The lowest BCUT2D eigenvalue weighted by atomic mass is 10.1. The molecule has 94 valence electrons. The van der Waals surface area contributed by atoms with Crippen molar-refractivity contribution in [3.63, 3.8) is 0 Å². The second kappa shape index (κ2) is 10.7. The molecule has 1 amide bonds. The molecule has 1 unspecified atom stereocenters. The lowest BCUT2D eigenvalue weighted by Crippen LogP contribution is -2.10. The summed E-state index contributed by atoms with van der Waals surface area (Å²) in [6, 6.07) is 0. The zero-order chi connectivity index (χ0) is 12.2. The van der Waals surface area contributed by atoms with Gasteiger partial charge in [-0.3, -0.25) is 4.79 Å². The van der Waals surface area contributed by atoms with Gasteiger partial charge in [0.1, 0.15) is 0 Å². The van der Waals surface area contributed by atoms with Gasteiger partial charge in [-0.25, -0.2) is 0 Å². The Balaban J connectivity index is 3.10. The third-order valence-electron chi connectivity index (χ3n) is 2.25. The Kier molecular flexibility index (Phi) is 10.2. The minimum Gasteiger partial charge on any atom is -0.379 e. The Bertz CT molecular complexity index is 196. The number of carbonyl (C=O) groups excluding carboxylic acids is 1. The Morgan fingerprint density at radius 1 is 1.25 bits per heavy atom. The van der Waals surface area contributed by atoms with Crippen LogP contribution in [-0.2, 0) is 14.3 Å². The second-order valence-corrected chi connectivity index (χ2v) is 3.79. The third kappa shape index (κ3) is 9.73. The van der Waals surface area contributed by atoms with Crippen molar-refractivity contribution in [3.05, 3.63) is 4.91 Å². The van der Waals surface area contributed by atoms with Crippen LogP contribution in [0.5, 0.6) is 0 Å². The smallest absolute Gasteiger partial charge is 0.286 e. The van der Waals surface area contributed by atoms with Gasteiger partial charge in [-0.2, -0.15) is 0 Å². The van der Waals surface area contributed by atoms with Crippen LogP contribution < -0.4 is 0 Å². The molecule has 5 heteroatoms. The molecule has 0 rings (SSSR count). The van der Waals surface area contributed by atoms with E-state index in [0.717, 1.165) is 13.0 Å². The summed E-state index contributed by atoms with van der Waals surface area (Å²) in [5.74, 6) is -0.0343. The van der Waals surface area contributed by atoms with E-state index in [0.29, 0.717) is 32.2 Å². The molecule has 0 aliphatic carbocycles. The number of nitroso groups, excluding NO2 is 1. The van der Waals surface area contributed by atoms with Crippen LogP contribution in [0.4, 0.5) is 0 Å². The average Bonchev–Trinajstić information content (AvgIpc) is 2.31. The van der Waals surface area contributed by atoms with Crippen LogP contribution >= 0.6 is 0 Å². The van der Waals surface area contributed by atoms with Crippen LogP contribution in [0.15, 0.2) is 5.18 Å². The summed E-state index contributed by atoms with van der Waals surface area (Å²) in [5, 5.41) is 2.30. The maximum absolute atomic E-state index is 10.5. The fourth-order valence-corrected chi connectivity index (χ4v) is 0.993. The molecule has 0 heterocycles. The molecule has 0 saturated heterocycles. The molecule has 16 heavy (non-hydrogen) atoms. The zero-order valence-corrected chi connectivity index (χ0v) is 10.1. The van der Waals surface area contributed by atoms with Gasteiger partial charge in [0.15, 0.2) is 0 Å². The molecule has 0 aromatic heterocycles. The van der Waals surface area contributed by atoms with E-state index >= 15 is 0 Å². The fourth-order valence-electron chi connectivity index (χ4n) is 0.993. The van der Waals surface area contributed by atoms with E-state index < -0.39 is 5.91 Å². The first kappa shape index (κ1) is 15.2. The summed E-state index contributed by atoms with van der Waals surface area (Å²) in [5.41, 5.74) is 0. The van der Waals surface area contributed by atoms with Crippen molar-refractivity contribution >= 4 is 5.91 Å². The molecule has 0 aromatic rings. The first-order chi connectivity index (χ1) is 7.70. The van der Waals surface area contributed by atoms with E-state index in [1.54, 1.807) is 0 Å². The van der Waals surface area contributed by atoms with E-state index in [-0.39, 0.29) is 6.42 Å². The largest absolute Gasteiger partial charge is 0.379 e. The van der Waals surface area contributed by atoms with Crippen molar-refractivity contribution in [2.45, 2.75) is 33.1 Å². The maximum Gasteiger partial charge on any atom is 0.286 e. The van der Waals surface area contributed by atoms with Crippen molar-refractivity contribution in [2.75, 3.05) is 26.4 Å². The zero-order valence-electron chi connectivity index (χ0n) is 10.1. The fraction of sp³-hybridized carbons (Fsp3) is 0.909. The molecule has 0 N–H and O–H groups in total. The summed E-state index contributed by atoms with van der Waals surface area (Å²) < 4.78 is 10.6. The van der Waals surface area contributed by atoms with Crippen molar-refractivity contribution < 1.29 is 14.3 Å². The highest BCUT2D eigenvalue weighted by Gasteiger charge is 2.00. The molecular weight excluding hydrogens is 210 g/mol. The first-order valence-corrected chi connectivity index (χ1v) is 5.72. The molecule has 0 fully saturated rings. The van der Waals surface area contributed by atoms with Crippen molar-refractivity contribution in [2.24, 2.45) is 11.1 Å². The van der Waals surface area contributed by atoms with Crippen LogP contribution in [0.25, 0.3) is 0 Å². The lowest BCUT2D eigenvalue weighted by molar-refractivity contribution is -0.118. The van der Waals surface area contributed by atoms with Gasteiger partial charge < -0.3 is 9.47 Å². The number of hydrogen-bond donors (Lipinski definition) is 0.